The Kier molecular flexibility index (Phi) is 7.76. The summed E-state index contributed by atoms with van der Waals surface area (Å²) in [6.07, 6.45) is 3.75. The zero-order valence-corrected chi connectivity index (χ0v) is 21.5. The van der Waals surface area contributed by atoms with E-state index in [2.05, 4.69) is 51.3 Å². The van der Waals surface area contributed by atoms with Gasteiger partial charge in [-0.05, 0) is 43.8 Å². The van der Waals surface area contributed by atoms with Crippen LogP contribution in [0.5, 0.6) is 11.5 Å². The van der Waals surface area contributed by atoms with Crippen LogP contribution < -0.4 is 24.6 Å². The van der Waals surface area contributed by atoms with Crippen molar-refractivity contribution in [2.45, 2.75) is 19.9 Å². The van der Waals surface area contributed by atoms with E-state index in [9.17, 15) is 0 Å². The second kappa shape index (κ2) is 10.8. The number of anilines is 3. The van der Waals surface area contributed by atoms with Gasteiger partial charge >= 0.3 is 0 Å². The third-order valence-electron chi connectivity index (χ3n) is 6.29. The first kappa shape index (κ1) is 24.5. The summed E-state index contributed by atoms with van der Waals surface area (Å²) in [5.74, 6) is 1.74. The monoisotopic (exact) mass is 503 g/mol. The second-order valence-corrected chi connectivity index (χ2v) is 9.05. The van der Waals surface area contributed by atoms with Crippen molar-refractivity contribution in [3.63, 3.8) is 0 Å². The Morgan fingerprint density at radius 2 is 1.62 bits per heavy atom. The molecular weight excluding hydrogens is 473 g/mol. The fourth-order valence-electron chi connectivity index (χ4n) is 4.24. The molecule has 1 unspecified atom stereocenters. The number of piperazine rings is 1. The SMILES string of the molecule is CCN1CCN(c2ccc(NC3=CC(C)N(c4c(Cl)c(OC)cc(OC)c4Cl)C=N3)cc2)CC1. The van der Waals surface area contributed by atoms with Gasteiger partial charge in [-0.1, -0.05) is 30.1 Å². The maximum atomic E-state index is 6.59. The van der Waals surface area contributed by atoms with Crippen molar-refractivity contribution in [1.29, 1.82) is 0 Å². The Balaban J connectivity index is 1.46. The quantitative estimate of drug-likeness (QED) is 0.549. The van der Waals surface area contributed by atoms with Crippen LogP contribution in [0.25, 0.3) is 0 Å². The van der Waals surface area contributed by atoms with Gasteiger partial charge in [0.25, 0.3) is 0 Å². The summed E-state index contributed by atoms with van der Waals surface area (Å²) in [6, 6.07) is 10.1. The van der Waals surface area contributed by atoms with Gasteiger partial charge in [0.15, 0.2) is 0 Å². The van der Waals surface area contributed by atoms with Gasteiger partial charge in [-0.15, -0.1) is 0 Å². The van der Waals surface area contributed by atoms with Gasteiger partial charge in [-0.2, -0.15) is 0 Å². The Morgan fingerprint density at radius 1 is 1.00 bits per heavy atom. The molecule has 2 aromatic carbocycles. The minimum absolute atomic E-state index is 0.0547. The first-order valence-electron chi connectivity index (χ1n) is 11.4. The van der Waals surface area contributed by atoms with Crippen LogP contribution >= 0.6 is 23.2 Å². The minimum atomic E-state index is -0.0547. The standard InChI is InChI=1S/C25H31Cl2N5O2/c1-5-30-10-12-31(13-11-30)19-8-6-18(7-9-19)29-22-14-17(2)32(16-28-22)25-23(26)20(33-3)15-21(34-4)24(25)27/h6-9,14-17,29H,5,10-13H2,1-4H3. The molecule has 0 aromatic heterocycles. The van der Waals surface area contributed by atoms with Crippen molar-refractivity contribution in [2.75, 3.05) is 62.1 Å². The first-order chi connectivity index (χ1) is 16.4. The molecule has 2 aliphatic rings. The molecule has 182 valence electrons. The molecule has 7 nitrogen and oxygen atoms in total. The van der Waals surface area contributed by atoms with Gasteiger partial charge in [0.2, 0.25) is 0 Å². The third kappa shape index (κ3) is 5.06. The molecule has 0 spiro atoms. The molecule has 2 heterocycles. The summed E-state index contributed by atoms with van der Waals surface area (Å²) >= 11 is 13.2. The summed E-state index contributed by atoms with van der Waals surface area (Å²) in [7, 11) is 3.12. The van der Waals surface area contributed by atoms with E-state index in [4.69, 9.17) is 32.7 Å². The third-order valence-corrected chi connectivity index (χ3v) is 7.02. The average molecular weight is 504 g/mol. The highest BCUT2D eigenvalue weighted by Crippen LogP contribution is 2.46. The van der Waals surface area contributed by atoms with E-state index in [0.717, 1.165) is 44.2 Å². The molecular formula is C25H31Cl2N5O2. The van der Waals surface area contributed by atoms with Gasteiger partial charge in [0.05, 0.1) is 32.3 Å². The van der Waals surface area contributed by atoms with Crippen molar-refractivity contribution in [1.82, 2.24) is 4.90 Å². The van der Waals surface area contributed by atoms with Crippen molar-refractivity contribution in [3.8, 4) is 11.5 Å². The number of nitrogens with zero attached hydrogens (tertiary/aromatic N) is 4. The van der Waals surface area contributed by atoms with Gasteiger partial charge in [-0.3, -0.25) is 0 Å². The number of likely N-dealkylation sites (N-methyl/N-ethyl adjacent to an activating group) is 1. The maximum absolute atomic E-state index is 6.59. The second-order valence-electron chi connectivity index (χ2n) is 8.30. The number of aliphatic imine (C=N–C) groups is 1. The number of benzene rings is 2. The highest BCUT2D eigenvalue weighted by Gasteiger charge is 2.26. The van der Waals surface area contributed by atoms with Crippen LogP contribution in [0.1, 0.15) is 13.8 Å². The van der Waals surface area contributed by atoms with Crippen LogP contribution in [-0.2, 0) is 0 Å². The number of hydrogen-bond acceptors (Lipinski definition) is 7. The molecule has 2 aromatic rings. The number of ether oxygens (including phenoxy) is 2. The predicted molar refractivity (Wildman–Crippen MR) is 142 cm³/mol. The number of nitrogens with one attached hydrogen (secondary N) is 1. The fourth-order valence-corrected chi connectivity index (χ4v) is 4.94. The zero-order valence-electron chi connectivity index (χ0n) is 20.0. The van der Waals surface area contributed by atoms with E-state index in [1.54, 1.807) is 26.6 Å². The van der Waals surface area contributed by atoms with Crippen molar-refractivity contribution in [2.24, 2.45) is 4.99 Å². The topological polar surface area (TPSA) is 52.6 Å². The highest BCUT2D eigenvalue weighted by molar-refractivity contribution is 6.41. The molecule has 9 heteroatoms. The van der Waals surface area contributed by atoms with Crippen molar-refractivity contribution >= 4 is 46.6 Å². The van der Waals surface area contributed by atoms with Crippen LogP contribution in [0.15, 0.2) is 47.2 Å². The number of hydrogen-bond donors (Lipinski definition) is 1. The predicted octanol–water partition coefficient (Wildman–Crippen LogP) is 5.34. The Labute approximate surface area is 211 Å². The van der Waals surface area contributed by atoms with Gasteiger partial charge in [0.1, 0.15) is 27.4 Å². The van der Waals surface area contributed by atoms with E-state index < -0.39 is 0 Å². The molecule has 1 N–H and O–H groups in total. The van der Waals surface area contributed by atoms with Gasteiger partial charge in [0, 0.05) is 43.6 Å². The molecule has 0 saturated carbocycles. The highest BCUT2D eigenvalue weighted by atomic mass is 35.5. The van der Waals surface area contributed by atoms with Gasteiger partial charge < -0.3 is 29.5 Å². The minimum Gasteiger partial charge on any atom is -0.495 e. The van der Waals surface area contributed by atoms with Crippen LogP contribution in [0.4, 0.5) is 17.1 Å². The van der Waals surface area contributed by atoms with Gasteiger partial charge in [-0.25, -0.2) is 4.99 Å². The molecule has 1 atom stereocenters. The lowest BCUT2D eigenvalue weighted by Gasteiger charge is -2.35. The number of rotatable bonds is 7. The summed E-state index contributed by atoms with van der Waals surface area (Å²) in [5.41, 5.74) is 2.83. The number of methoxy groups -OCH3 is 2. The lowest BCUT2D eigenvalue weighted by atomic mass is 10.2. The zero-order chi connectivity index (χ0) is 24.2. The van der Waals surface area contributed by atoms with Crippen molar-refractivity contribution < 1.29 is 9.47 Å². The fraction of sp³-hybridized carbons (Fsp3) is 0.400. The van der Waals surface area contributed by atoms with Crippen LogP contribution in [0.2, 0.25) is 10.0 Å². The molecule has 0 amide bonds. The van der Waals surface area contributed by atoms with E-state index in [-0.39, 0.29) is 6.04 Å². The average Bonchev–Trinajstić information content (AvgIpc) is 2.86. The van der Waals surface area contributed by atoms with E-state index in [0.29, 0.717) is 27.2 Å². The number of halogens is 2. The molecule has 34 heavy (non-hydrogen) atoms. The summed E-state index contributed by atoms with van der Waals surface area (Å²) in [5, 5.41) is 4.22. The summed E-state index contributed by atoms with van der Waals surface area (Å²) < 4.78 is 10.8. The molecule has 1 fully saturated rings. The Hall–Kier alpha value is -2.61. The van der Waals surface area contributed by atoms with Crippen LogP contribution in [0, 0.1) is 0 Å². The van der Waals surface area contributed by atoms with Crippen molar-refractivity contribution in [3.05, 3.63) is 52.3 Å². The Morgan fingerprint density at radius 3 is 2.15 bits per heavy atom. The summed E-state index contributed by atoms with van der Waals surface area (Å²) in [4.78, 5) is 11.4. The largest absolute Gasteiger partial charge is 0.495 e. The molecule has 0 bridgehead atoms. The molecule has 4 rings (SSSR count). The molecule has 2 aliphatic heterocycles. The first-order valence-corrected chi connectivity index (χ1v) is 12.2. The lowest BCUT2D eigenvalue weighted by Crippen LogP contribution is -2.46. The lowest BCUT2D eigenvalue weighted by molar-refractivity contribution is 0.271. The molecule has 0 radical (unpaired) electrons. The normalized spacial score (nSPS) is 18.6. The van der Waals surface area contributed by atoms with E-state index in [1.807, 2.05) is 17.9 Å². The molecule has 0 aliphatic carbocycles. The van der Waals surface area contributed by atoms with Crippen LogP contribution in [0.3, 0.4) is 0 Å². The smallest absolute Gasteiger partial charge is 0.143 e. The molecule has 1 saturated heterocycles. The van der Waals surface area contributed by atoms with E-state index >= 15 is 0 Å². The summed E-state index contributed by atoms with van der Waals surface area (Å²) in [6.45, 7) is 9.72. The Bertz CT molecular complexity index is 1040. The van der Waals surface area contributed by atoms with E-state index in [1.165, 1.54) is 5.69 Å². The van der Waals surface area contributed by atoms with Crippen LogP contribution in [-0.4, -0.2) is 64.2 Å². The maximum Gasteiger partial charge on any atom is 0.143 e.